The average Bonchev–Trinajstić information content (AvgIpc) is 3.48. The molecule has 0 spiro atoms. The third kappa shape index (κ3) is 3.95. The molecular weight excluding hydrogens is 444 g/mol. The van der Waals surface area contributed by atoms with Gasteiger partial charge in [0.25, 0.3) is 0 Å². The van der Waals surface area contributed by atoms with Crippen molar-refractivity contribution in [2.45, 2.75) is 12.3 Å². The Morgan fingerprint density at radius 1 is 1.20 bits per heavy atom. The van der Waals surface area contributed by atoms with E-state index in [1.165, 1.54) is 12.4 Å². The van der Waals surface area contributed by atoms with Gasteiger partial charge in [0, 0.05) is 49.6 Å². The van der Waals surface area contributed by atoms with Crippen LogP contribution in [0, 0.1) is 0 Å². The summed E-state index contributed by atoms with van der Waals surface area (Å²) in [6.45, 7) is 4.88. The minimum absolute atomic E-state index is 0.0650. The van der Waals surface area contributed by atoms with Crippen LogP contribution in [0.25, 0.3) is 22.2 Å². The second-order valence-electron chi connectivity index (χ2n) is 8.39. The van der Waals surface area contributed by atoms with Crippen LogP contribution in [0.1, 0.15) is 18.0 Å². The second kappa shape index (κ2) is 9.09. The number of aromatic nitrogens is 4. The van der Waals surface area contributed by atoms with Gasteiger partial charge in [-0.3, -0.25) is 4.79 Å². The molecule has 4 aromatic rings. The highest BCUT2D eigenvalue weighted by atomic mass is 16.5. The molecule has 0 aliphatic carbocycles. The van der Waals surface area contributed by atoms with Crippen LogP contribution in [0.2, 0.25) is 0 Å². The van der Waals surface area contributed by atoms with Gasteiger partial charge in [-0.1, -0.05) is 18.7 Å². The first-order chi connectivity index (χ1) is 17.0. The van der Waals surface area contributed by atoms with E-state index in [0.29, 0.717) is 36.3 Å². The molecule has 3 aromatic heterocycles. The number of ether oxygens (including phenoxy) is 2. The van der Waals surface area contributed by atoms with E-state index >= 15 is 0 Å². The van der Waals surface area contributed by atoms with Crippen LogP contribution in [0.3, 0.4) is 0 Å². The predicted octanol–water partition coefficient (Wildman–Crippen LogP) is 3.92. The lowest BCUT2D eigenvalue weighted by Gasteiger charge is -2.18. The number of carbonyl (C=O) groups excluding carboxylic acids is 1. The zero-order chi connectivity index (χ0) is 24.5. The normalized spacial score (nSPS) is 15.4. The average molecular weight is 471 g/mol. The number of hydrogen-bond donors (Lipinski definition) is 1. The molecule has 0 radical (unpaired) electrons. The number of fused-ring (bicyclic) bond motifs is 1. The maximum atomic E-state index is 12.3. The topological polar surface area (TPSA) is 108 Å². The molecule has 0 saturated carbocycles. The number of nitrogens with zero attached hydrogens (tertiary/aromatic N) is 5. The van der Waals surface area contributed by atoms with Crippen LogP contribution in [0.15, 0.2) is 61.6 Å². The van der Waals surface area contributed by atoms with Gasteiger partial charge in [0.15, 0.2) is 11.5 Å². The van der Waals surface area contributed by atoms with Crippen molar-refractivity contribution in [1.82, 2.24) is 24.4 Å². The first-order valence-corrected chi connectivity index (χ1v) is 11.3. The first kappa shape index (κ1) is 22.4. The summed E-state index contributed by atoms with van der Waals surface area (Å²) in [5.74, 6) is 2.01. The first-order valence-electron chi connectivity index (χ1n) is 11.3. The van der Waals surface area contributed by atoms with E-state index in [2.05, 4.69) is 26.1 Å². The van der Waals surface area contributed by atoms with Crippen LogP contribution in [-0.2, 0) is 11.8 Å². The van der Waals surface area contributed by atoms with Gasteiger partial charge in [0.05, 0.1) is 12.5 Å². The molecule has 2 N–H and O–H groups in total. The number of anilines is 1. The van der Waals surface area contributed by atoms with Crippen LogP contribution in [0.4, 0.5) is 5.82 Å². The van der Waals surface area contributed by atoms with Crippen LogP contribution < -0.4 is 15.2 Å². The Kier molecular flexibility index (Phi) is 5.82. The summed E-state index contributed by atoms with van der Waals surface area (Å²) >= 11 is 0. The maximum absolute atomic E-state index is 12.3. The number of nitrogen functional groups attached to an aromatic ring is 1. The molecule has 1 saturated heterocycles. The molecule has 1 atom stereocenters. The molecule has 5 rings (SSSR count). The van der Waals surface area contributed by atoms with Crippen molar-refractivity contribution in [3.8, 4) is 28.5 Å². The minimum atomic E-state index is -0.0650. The van der Waals surface area contributed by atoms with Crippen molar-refractivity contribution in [1.29, 1.82) is 0 Å². The van der Waals surface area contributed by atoms with Gasteiger partial charge < -0.3 is 24.7 Å². The van der Waals surface area contributed by atoms with Gasteiger partial charge >= 0.3 is 0 Å². The van der Waals surface area contributed by atoms with Gasteiger partial charge in [-0.15, -0.1) is 0 Å². The van der Waals surface area contributed by atoms with E-state index < -0.39 is 0 Å². The molecule has 1 aromatic carbocycles. The zero-order valence-corrected chi connectivity index (χ0v) is 19.6. The highest BCUT2D eigenvalue weighted by Gasteiger charge is 2.32. The van der Waals surface area contributed by atoms with E-state index in [4.69, 9.17) is 15.2 Å². The molecule has 1 amide bonds. The van der Waals surface area contributed by atoms with Crippen molar-refractivity contribution < 1.29 is 14.3 Å². The highest BCUT2D eigenvalue weighted by molar-refractivity contribution is 6.03. The van der Waals surface area contributed by atoms with Gasteiger partial charge in [-0.25, -0.2) is 15.0 Å². The fourth-order valence-corrected chi connectivity index (χ4v) is 4.80. The van der Waals surface area contributed by atoms with Gasteiger partial charge in [0.1, 0.15) is 17.8 Å². The van der Waals surface area contributed by atoms with E-state index in [0.717, 1.165) is 34.3 Å². The molecule has 1 unspecified atom stereocenters. The molecule has 4 heterocycles. The number of hydrogen-bond acceptors (Lipinski definition) is 7. The third-order valence-electron chi connectivity index (χ3n) is 6.41. The van der Waals surface area contributed by atoms with Crippen LogP contribution in [-0.4, -0.2) is 50.5 Å². The Labute approximate surface area is 202 Å². The van der Waals surface area contributed by atoms with E-state index in [1.54, 1.807) is 19.4 Å². The third-order valence-corrected chi connectivity index (χ3v) is 6.41. The van der Waals surface area contributed by atoms with Crippen molar-refractivity contribution in [3.63, 3.8) is 0 Å². The Morgan fingerprint density at radius 2 is 2.06 bits per heavy atom. The van der Waals surface area contributed by atoms with Crippen molar-refractivity contribution >= 4 is 22.8 Å². The summed E-state index contributed by atoms with van der Waals surface area (Å²) in [7, 11) is 3.57. The number of aryl methyl sites for hydroxylation is 1. The summed E-state index contributed by atoms with van der Waals surface area (Å²) in [5, 5.41) is 0.777. The van der Waals surface area contributed by atoms with Crippen molar-refractivity contribution in [3.05, 3.63) is 67.3 Å². The van der Waals surface area contributed by atoms with Crippen LogP contribution in [0.5, 0.6) is 17.4 Å². The monoisotopic (exact) mass is 470 g/mol. The largest absolute Gasteiger partial charge is 0.493 e. The Bertz CT molecular complexity index is 1420. The summed E-state index contributed by atoms with van der Waals surface area (Å²) in [6, 6.07) is 11.2. The smallest absolute Gasteiger partial charge is 0.245 e. The van der Waals surface area contributed by atoms with E-state index in [9.17, 15) is 4.79 Å². The number of amides is 1. The summed E-state index contributed by atoms with van der Waals surface area (Å²) in [4.78, 5) is 27.1. The molecule has 1 fully saturated rings. The molecule has 1 aliphatic rings. The van der Waals surface area contributed by atoms with Gasteiger partial charge in [-0.2, -0.15) is 0 Å². The molecule has 1 aliphatic heterocycles. The Morgan fingerprint density at radius 3 is 2.80 bits per heavy atom. The number of carbonyl (C=O) groups is 1. The number of likely N-dealkylation sites (tertiary alicyclic amines) is 1. The zero-order valence-electron chi connectivity index (χ0n) is 19.6. The van der Waals surface area contributed by atoms with Crippen LogP contribution >= 0.6 is 0 Å². The molecule has 178 valence electrons. The quantitative estimate of drug-likeness (QED) is 0.426. The van der Waals surface area contributed by atoms with E-state index in [-0.39, 0.29) is 11.8 Å². The number of pyridine rings is 1. The number of nitrogens with two attached hydrogens (primary N) is 1. The second-order valence-corrected chi connectivity index (χ2v) is 8.39. The molecule has 0 bridgehead atoms. The lowest BCUT2D eigenvalue weighted by Crippen LogP contribution is -2.26. The SMILES string of the molecule is C=CC(=O)N1CCC(c2c(-c3ccc(Oc4ccccn4)c(OC)c3)c3c(N)ncnc3n2C)C1. The van der Waals surface area contributed by atoms with Crippen molar-refractivity contribution in [2.75, 3.05) is 25.9 Å². The lowest BCUT2D eigenvalue weighted by molar-refractivity contribution is -0.125. The number of rotatable bonds is 6. The fraction of sp³-hybridized carbons (Fsp3) is 0.231. The molecule has 35 heavy (non-hydrogen) atoms. The van der Waals surface area contributed by atoms with Crippen molar-refractivity contribution in [2.24, 2.45) is 7.05 Å². The predicted molar refractivity (Wildman–Crippen MR) is 133 cm³/mol. The Hall–Kier alpha value is -4.40. The number of benzene rings is 1. The molecule has 9 heteroatoms. The summed E-state index contributed by atoms with van der Waals surface area (Å²) < 4.78 is 13.7. The Balaban J connectivity index is 1.64. The van der Waals surface area contributed by atoms with Gasteiger partial charge in [-0.05, 0) is 36.3 Å². The molecular formula is C26H26N6O3. The van der Waals surface area contributed by atoms with Gasteiger partial charge in [0.2, 0.25) is 11.8 Å². The molecule has 9 nitrogen and oxygen atoms in total. The summed E-state index contributed by atoms with van der Waals surface area (Å²) in [6.07, 6.45) is 5.32. The maximum Gasteiger partial charge on any atom is 0.245 e. The number of methoxy groups -OCH3 is 1. The van der Waals surface area contributed by atoms with E-state index in [1.807, 2.05) is 42.3 Å². The fourth-order valence-electron chi connectivity index (χ4n) is 4.80. The standard InChI is InChI=1S/C26H26N6O3/c1-4-21(33)32-12-10-17(14-32)24-22(23-25(27)29-15-30-26(23)31(24)2)16-8-9-18(19(13-16)34-3)35-20-7-5-6-11-28-20/h4-9,11,13,15,17H,1,10,12,14H2,2-3H3,(H2,27,29,30). The summed E-state index contributed by atoms with van der Waals surface area (Å²) in [5.41, 5.74) is 9.98. The lowest BCUT2D eigenvalue weighted by atomic mass is 9.94. The highest BCUT2D eigenvalue weighted by Crippen LogP contribution is 2.44. The minimum Gasteiger partial charge on any atom is -0.493 e.